The number of thiophene rings is 1. The Labute approximate surface area is 172 Å². The zero-order valence-electron chi connectivity index (χ0n) is 16.4. The molecule has 0 radical (unpaired) electrons. The van der Waals surface area contributed by atoms with E-state index in [0.29, 0.717) is 22.8 Å². The van der Waals surface area contributed by atoms with Gasteiger partial charge in [-0.2, -0.15) is 0 Å². The van der Waals surface area contributed by atoms with Crippen LogP contribution in [0.2, 0.25) is 0 Å². The Morgan fingerprint density at radius 2 is 1.97 bits per heavy atom. The zero-order valence-corrected chi connectivity index (χ0v) is 17.2. The summed E-state index contributed by atoms with van der Waals surface area (Å²) in [5.74, 6) is 0.242. The van der Waals surface area contributed by atoms with Crippen LogP contribution in [-0.2, 0) is 16.1 Å². The van der Waals surface area contributed by atoms with Crippen molar-refractivity contribution in [2.24, 2.45) is 5.92 Å². The summed E-state index contributed by atoms with van der Waals surface area (Å²) in [7, 11) is 1.55. The minimum Gasteiger partial charge on any atom is -0.497 e. The van der Waals surface area contributed by atoms with E-state index in [1.807, 2.05) is 31.4 Å². The highest BCUT2D eigenvalue weighted by atomic mass is 32.1. The lowest BCUT2D eigenvalue weighted by atomic mass is 10.0. The van der Waals surface area contributed by atoms with E-state index >= 15 is 0 Å². The van der Waals surface area contributed by atoms with Gasteiger partial charge in [0.25, 0.3) is 5.91 Å². The Kier molecular flexibility index (Phi) is 6.66. The molecule has 29 heavy (non-hydrogen) atoms. The third-order valence-electron chi connectivity index (χ3n) is 4.24. The van der Waals surface area contributed by atoms with Gasteiger partial charge in [-0.25, -0.2) is 4.79 Å². The van der Waals surface area contributed by atoms with Gasteiger partial charge in [0.05, 0.1) is 12.0 Å². The number of nitrogens with zero attached hydrogens (tertiary/aromatic N) is 1. The van der Waals surface area contributed by atoms with E-state index in [9.17, 15) is 9.59 Å². The first-order chi connectivity index (χ1) is 14.0. The molecule has 0 fully saturated rings. The fourth-order valence-corrected chi connectivity index (χ4v) is 3.29. The van der Waals surface area contributed by atoms with E-state index in [-0.39, 0.29) is 18.4 Å². The summed E-state index contributed by atoms with van der Waals surface area (Å²) in [6.45, 7) is 3.64. The number of amides is 1. The summed E-state index contributed by atoms with van der Waals surface area (Å²) in [6, 6.07) is 11.4. The van der Waals surface area contributed by atoms with Crippen LogP contribution in [0.4, 0.5) is 0 Å². The van der Waals surface area contributed by atoms with Gasteiger partial charge in [-0.1, -0.05) is 25.1 Å². The van der Waals surface area contributed by atoms with Crippen molar-refractivity contribution < 1.29 is 23.6 Å². The van der Waals surface area contributed by atoms with Crippen LogP contribution in [0.1, 0.15) is 29.9 Å². The van der Waals surface area contributed by atoms with Gasteiger partial charge in [-0.05, 0) is 41.6 Å². The van der Waals surface area contributed by atoms with Gasteiger partial charge in [-0.15, -0.1) is 11.3 Å². The van der Waals surface area contributed by atoms with Gasteiger partial charge in [0.15, 0.2) is 5.76 Å². The molecule has 7 nitrogen and oxygen atoms in total. The van der Waals surface area contributed by atoms with E-state index < -0.39 is 12.0 Å². The average Bonchev–Trinajstić information content (AvgIpc) is 3.41. The van der Waals surface area contributed by atoms with Crippen LogP contribution >= 0.6 is 11.3 Å². The number of ether oxygens (including phenoxy) is 2. The summed E-state index contributed by atoms with van der Waals surface area (Å²) in [4.78, 5) is 26.0. The first-order valence-electron chi connectivity index (χ1n) is 9.09. The third-order valence-corrected chi connectivity index (χ3v) is 5.13. The van der Waals surface area contributed by atoms with E-state index in [1.165, 1.54) is 11.3 Å². The Hall–Kier alpha value is -3.13. The molecule has 2 heterocycles. The fraction of sp³-hybridized carbons (Fsp3) is 0.286. The Morgan fingerprint density at radius 1 is 1.21 bits per heavy atom. The number of aromatic nitrogens is 1. The maximum atomic E-state index is 12.5. The molecule has 0 aliphatic carbocycles. The summed E-state index contributed by atoms with van der Waals surface area (Å²) < 4.78 is 15.7. The van der Waals surface area contributed by atoms with Crippen LogP contribution in [0.25, 0.3) is 10.6 Å². The second kappa shape index (κ2) is 9.38. The number of methoxy groups -OCH3 is 1. The molecule has 0 unspecified atom stereocenters. The highest BCUT2D eigenvalue weighted by Crippen LogP contribution is 2.25. The third kappa shape index (κ3) is 5.23. The summed E-state index contributed by atoms with van der Waals surface area (Å²) in [6.07, 6.45) is 0. The average molecular weight is 414 g/mol. The van der Waals surface area contributed by atoms with Crippen LogP contribution in [0.3, 0.4) is 0 Å². The van der Waals surface area contributed by atoms with Gasteiger partial charge >= 0.3 is 5.97 Å². The Morgan fingerprint density at radius 3 is 2.59 bits per heavy atom. The molecule has 1 N–H and O–H groups in total. The second-order valence-corrected chi connectivity index (χ2v) is 7.64. The molecule has 2 aromatic heterocycles. The van der Waals surface area contributed by atoms with Crippen LogP contribution in [-0.4, -0.2) is 30.2 Å². The molecule has 0 bridgehead atoms. The molecular weight excluding hydrogens is 392 g/mol. The topological polar surface area (TPSA) is 90.7 Å². The smallest absolute Gasteiger partial charge is 0.329 e. The van der Waals surface area contributed by atoms with Gasteiger partial charge < -0.3 is 19.3 Å². The summed E-state index contributed by atoms with van der Waals surface area (Å²) >= 11 is 1.53. The number of carbonyl (C=O) groups is 2. The van der Waals surface area contributed by atoms with Gasteiger partial charge in [0, 0.05) is 11.6 Å². The molecule has 3 aromatic rings. The molecule has 0 saturated carbocycles. The molecule has 3 rings (SSSR count). The fourth-order valence-electron chi connectivity index (χ4n) is 2.61. The lowest BCUT2D eigenvalue weighted by Gasteiger charge is -2.20. The number of hydrogen-bond donors (Lipinski definition) is 1. The molecule has 1 amide bonds. The highest BCUT2D eigenvalue weighted by molar-refractivity contribution is 7.13. The molecule has 1 atom stereocenters. The van der Waals surface area contributed by atoms with E-state index in [2.05, 4.69) is 10.5 Å². The van der Waals surface area contributed by atoms with E-state index in [1.54, 1.807) is 37.4 Å². The van der Waals surface area contributed by atoms with Crippen molar-refractivity contribution in [3.05, 3.63) is 59.1 Å². The number of hydrogen-bond acceptors (Lipinski definition) is 7. The molecular formula is C21H22N2O5S. The van der Waals surface area contributed by atoms with Crippen molar-refractivity contribution in [2.75, 3.05) is 7.11 Å². The lowest BCUT2D eigenvalue weighted by Crippen LogP contribution is -2.45. The standard InChI is InChI=1S/C21H22N2O5S/c1-13(2)19(22-20(24)14-6-8-16(26-3)9-7-14)21(25)27-12-15-11-17(28-23-15)18-5-4-10-29-18/h4-11,13,19H,12H2,1-3H3,(H,22,24)/t19-/m0/s1. The maximum absolute atomic E-state index is 12.5. The predicted molar refractivity (Wildman–Crippen MR) is 109 cm³/mol. The molecule has 0 aliphatic rings. The largest absolute Gasteiger partial charge is 0.497 e. The Balaban J connectivity index is 1.59. The number of carbonyl (C=O) groups excluding carboxylic acids is 2. The number of rotatable bonds is 8. The molecule has 0 spiro atoms. The highest BCUT2D eigenvalue weighted by Gasteiger charge is 2.26. The van der Waals surface area contributed by atoms with Crippen molar-refractivity contribution in [1.29, 1.82) is 0 Å². The van der Waals surface area contributed by atoms with Gasteiger partial charge in [-0.3, -0.25) is 4.79 Å². The van der Waals surface area contributed by atoms with E-state index in [0.717, 1.165) is 4.88 Å². The van der Waals surface area contributed by atoms with Crippen molar-refractivity contribution >= 4 is 23.2 Å². The maximum Gasteiger partial charge on any atom is 0.329 e. The van der Waals surface area contributed by atoms with Crippen molar-refractivity contribution in [3.63, 3.8) is 0 Å². The minimum absolute atomic E-state index is 0.0324. The number of nitrogens with one attached hydrogen (secondary N) is 1. The molecule has 0 aliphatic heterocycles. The SMILES string of the molecule is COc1ccc(C(=O)N[C@H](C(=O)OCc2cc(-c3cccs3)on2)C(C)C)cc1. The quantitative estimate of drug-likeness (QED) is 0.562. The summed E-state index contributed by atoms with van der Waals surface area (Å²) in [5, 5.41) is 8.61. The van der Waals surface area contributed by atoms with E-state index in [4.69, 9.17) is 14.0 Å². The molecule has 152 valence electrons. The molecule has 1 aromatic carbocycles. The monoisotopic (exact) mass is 414 g/mol. The molecule has 0 saturated heterocycles. The van der Waals surface area contributed by atoms with Crippen LogP contribution in [0.15, 0.2) is 52.4 Å². The van der Waals surface area contributed by atoms with Crippen molar-refractivity contribution in [3.8, 4) is 16.4 Å². The first kappa shape index (κ1) is 20.6. The summed E-state index contributed by atoms with van der Waals surface area (Å²) in [5.41, 5.74) is 0.937. The van der Waals surface area contributed by atoms with Crippen molar-refractivity contribution in [2.45, 2.75) is 26.5 Å². The first-order valence-corrected chi connectivity index (χ1v) is 9.97. The number of esters is 1. The minimum atomic E-state index is -0.784. The Bertz CT molecular complexity index is 948. The second-order valence-electron chi connectivity index (χ2n) is 6.69. The van der Waals surface area contributed by atoms with Gasteiger partial charge in [0.2, 0.25) is 0 Å². The molecule has 8 heteroatoms. The van der Waals surface area contributed by atoms with Crippen LogP contribution in [0.5, 0.6) is 5.75 Å². The normalized spacial score (nSPS) is 11.9. The van der Waals surface area contributed by atoms with Gasteiger partial charge in [0.1, 0.15) is 24.1 Å². The zero-order chi connectivity index (χ0) is 20.8. The van der Waals surface area contributed by atoms with Crippen molar-refractivity contribution in [1.82, 2.24) is 10.5 Å². The lowest BCUT2D eigenvalue weighted by molar-refractivity contribution is -0.148. The predicted octanol–water partition coefficient (Wildman–Crippen LogP) is 3.91. The van der Waals surface area contributed by atoms with Crippen LogP contribution in [0, 0.1) is 5.92 Å². The number of benzene rings is 1. The van der Waals surface area contributed by atoms with Crippen LogP contribution < -0.4 is 10.1 Å².